The molecule has 0 bridgehead atoms. The predicted octanol–water partition coefficient (Wildman–Crippen LogP) is 4.38. The van der Waals surface area contributed by atoms with Crippen molar-refractivity contribution in [1.29, 1.82) is 0 Å². The summed E-state index contributed by atoms with van der Waals surface area (Å²) in [6, 6.07) is 18.6. The number of halogens is 1. The van der Waals surface area contributed by atoms with Gasteiger partial charge in [0.05, 0.1) is 17.7 Å². The Morgan fingerprint density at radius 1 is 0.906 bits per heavy atom. The Morgan fingerprint density at radius 3 is 2.16 bits per heavy atom. The van der Waals surface area contributed by atoms with Crippen LogP contribution in [0.5, 0.6) is 5.75 Å². The number of nitrogens with one attached hydrogen (secondary N) is 2. The number of anilines is 2. The van der Waals surface area contributed by atoms with Crippen molar-refractivity contribution in [3.63, 3.8) is 0 Å². The molecule has 1 atom stereocenters. The molecule has 0 radical (unpaired) electrons. The van der Waals surface area contributed by atoms with Gasteiger partial charge in [0.1, 0.15) is 5.75 Å². The summed E-state index contributed by atoms with van der Waals surface area (Å²) >= 11 is 6.12. The molecule has 32 heavy (non-hydrogen) atoms. The Labute approximate surface area is 189 Å². The number of benzene rings is 3. The second-order valence-corrected chi connectivity index (χ2v) is 7.01. The minimum absolute atomic E-state index is 0.196. The monoisotopic (exact) mass is 453 g/mol. The zero-order valence-electron chi connectivity index (χ0n) is 17.0. The number of amides is 3. The summed E-state index contributed by atoms with van der Waals surface area (Å²) < 4.78 is 10.6. The molecular formula is C23H20ClN3O5. The summed E-state index contributed by atoms with van der Waals surface area (Å²) in [4.78, 5) is 36.6. The van der Waals surface area contributed by atoms with Crippen LogP contribution >= 0.6 is 11.6 Å². The molecule has 0 aliphatic heterocycles. The van der Waals surface area contributed by atoms with E-state index in [1.54, 1.807) is 42.5 Å². The lowest BCUT2D eigenvalue weighted by molar-refractivity contribution is -0.125. The van der Waals surface area contributed by atoms with Crippen LogP contribution in [0.3, 0.4) is 0 Å². The Bertz CT molecular complexity index is 1120. The fourth-order valence-electron chi connectivity index (χ4n) is 2.86. The number of rotatable bonds is 7. The predicted molar refractivity (Wildman–Crippen MR) is 121 cm³/mol. The molecule has 0 fully saturated rings. The van der Waals surface area contributed by atoms with Crippen LogP contribution in [0.25, 0.3) is 0 Å². The molecule has 8 nitrogen and oxygen atoms in total. The molecule has 0 saturated heterocycles. The standard InChI is InChI=1S/C23H20ClN3O5/c1-31-19-12-11-17(13-18(19)24)26-21(28)20(14-5-3-2-4-6-14)32-22(29)15-7-9-16(10-8-15)27-23(25)30/h2-13,20H,1H3,(H,26,28)(H3,25,27,30)/t20-/m0/s1. The first-order valence-electron chi connectivity index (χ1n) is 9.44. The van der Waals surface area contributed by atoms with Crippen molar-refractivity contribution in [2.75, 3.05) is 17.7 Å². The molecule has 3 aromatic carbocycles. The largest absolute Gasteiger partial charge is 0.495 e. The maximum atomic E-state index is 13.0. The van der Waals surface area contributed by atoms with E-state index in [1.807, 2.05) is 0 Å². The van der Waals surface area contributed by atoms with Crippen LogP contribution < -0.4 is 21.1 Å². The molecule has 3 rings (SSSR count). The first-order valence-corrected chi connectivity index (χ1v) is 9.82. The third kappa shape index (κ3) is 5.77. The molecule has 164 valence electrons. The molecule has 0 saturated carbocycles. The van der Waals surface area contributed by atoms with Gasteiger partial charge in [0.25, 0.3) is 5.91 Å². The normalized spacial score (nSPS) is 11.2. The summed E-state index contributed by atoms with van der Waals surface area (Å²) in [7, 11) is 1.49. The summed E-state index contributed by atoms with van der Waals surface area (Å²) in [5, 5.41) is 5.42. The van der Waals surface area contributed by atoms with E-state index in [4.69, 9.17) is 26.8 Å². The van der Waals surface area contributed by atoms with Crippen molar-refractivity contribution in [3.05, 3.63) is 88.9 Å². The van der Waals surface area contributed by atoms with Crippen molar-refractivity contribution in [1.82, 2.24) is 0 Å². The average Bonchev–Trinajstić information content (AvgIpc) is 2.78. The lowest BCUT2D eigenvalue weighted by Crippen LogP contribution is -2.26. The molecule has 9 heteroatoms. The van der Waals surface area contributed by atoms with Crippen LogP contribution in [0.4, 0.5) is 16.2 Å². The van der Waals surface area contributed by atoms with Crippen molar-refractivity contribution in [2.45, 2.75) is 6.10 Å². The number of hydrogen-bond donors (Lipinski definition) is 3. The maximum Gasteiger partial charge on any atom is 0.339 e. The molecular weight excluding hydrogens is 434 g/mol. The average molecular weight is 454 g/mol. The Kier molecular flexibility index (Phi) is 7.30. The van der Waals surface area contributed by atoms with Gasteiger partial charge in [-0.2, -0.15) is 0 Å². The number of carbonyl (C=O) groups excluding carboxylic acids is 3. The van der Waals surface area contributed by atoms with Crippen LogP contribution in [0.1, 0.15) is 22.0 Å². The summed E-state index contributed by atoms with van der Waals surface area (Å²) in [5.74, 6) is -0.810. The van der Waals surface area contributed by atoms with Gasteiger partial charge in [0, 0.05) is 16.9 Å². The van der Waals surface area contributed by atoms with Crippen LogP contribution in [-0.4, -0.2) is 25.0 Å². The summed E-state index contributed by atoms with van der Waals surface area (Å²) in [5.41, 5.74) is 6.60. The van der Waals surface area contributed by atoms with Gasteiger partial charge in [-0.3, -0.25) is 4.79 Å². The minimum Gasteiger partial charge on any atom is -0.495 e. The summed E-state index contributed by atoms with van der Waals surface area (Å²) in [6.45, 7) is 0. The lowest BCUT2D eigenvalue weighted by atomic mass is 10.1. The van der Waals surface area contributed by atoms with Gasteiger partial charge in [-0.25, -0.2) is 9.59 Å². The number of esters is 1. The Balaban J connectivity index is 1.80. The van der Waals surface area contributed by atoms with Crippen LogP contribution in [0.2, 0.25) is 5.02 Å². The Morgan fingerprint density at radius 2 is 1.56 bits per heavy atom. The molecule has 3 amide bonds. The van der Waals surface area contributed by atoms with Crippen LogP contribution in [-0.2, 0) is 9.53 Å². The second-order valence-electron chi connectivity index (χ2n) is 6.60. The second kappa shape index (κ2) is 10.3. The van der Waals surface area contributed by atoms with Crippen molar-refractivity contribution < 1.29 is 23.9 Å². The van der Waals surface area contributed by atoms with Gasteiger partial charge >= 0.3 is 12.0 Å². The van der Waals surface area contributed by atoms with Crippen LogP contribution in [0.15, 0.2) is 72.8 Å². The fraction of sp³-hybridized carbons (Fsp3) is 0.0870. The number of nitrogens with two attached hydrogens (primary N) is 1. The van der Waals surface area contributed by atoms with Crippen LogP contribution in [0, 0.1) is 0 Å². The molecule has 0 spiro atoms. The SMILES string of the molecule is COc1ccc(NC(=O)[C@@H](OC(=O)c2ccc(NC(N)=O)cc2)c2ccccc2)cc1Cl. The highest BCUT2D eigenvalue weighted by atomic mass is 35.5. The van der Waals surface area contributed by atoms with Gasteiger partial charge in [0.15, 0.2) is 0 Å². The Hall–Kier alpha value is -4.04. The topological polar surface area (TPSA) is 120 Å². The van der Waals surface area contributed by atoms with Crippen molar-refractivity contribution in [3.8, 4) is 5.75 Å². The van der Waals surface area contributed by atoms with E-state index in [2.05, 4.69) is 10.6 Å². The first kappa shape index (κ1) is 22.6. The lowest BCUT2D eigenvalue weighted by Gasteiger charge is -2.18. The van der Waals surface area contributed by atoms with Gasteiger partial charge in [-0.15, -0.1) is 0 Å². The van der Waals surface area contributed by atoms with E-state index in [-0.39, 0.29) is 5.56 Å². The molecule has 0 aliphatic rings. The van der Waals surface area contributed by atoms with Gasteiger partial charge < -0.3 is 25.8 Å². The smallest absolute Gasteiger partial charge is 0.339 e. The number of carbonyl (C=O) groups is 3. The van der Waals surface area contributed by atoms with Gasteiger partial charge in [0.2, 0.25) is 6.10 Å². The number of urea groups is 1. The number of hydrogen-bond acceptors (Lipinski definition) is 5. The third-order valence-corrected chi connectivity index (χ3v) is 4.67. The quantitative estimate of drug-likeness (QED) is 0.458. The van der Waals surface area contributed by atoms with E-state index in [0.29, 0.717) is 27.7 Å². The molecule has 0 aliphatic carbocycles. The van der Waals surface area contributed by atoms with E-state index < -0.39 is 24.0 Å². The maximum absolute atomic E-state index is 13.0. The molecule has 3 aromatic rings. The van der Waals surface area contributed by atoms with Gasteiger partial charge in [-0.1, -0.05) is 41.9 Å². The number of ether oxygens (including phenoxy) is 2. The number of primary amides is 1. The van der Waals surface area contributed by atoms with Crippen molar-refractivity contribution >= 4 is 40.9 Å². The van der Waals surface area contributed by atoms with Crippen molar-refractivity contribution in [2.24, 2.45) is 5.73 Å². The summed E-state index contributed by atoms with van der Waals surface area (Å²) in [6.07, 6.45) is -1.21. The molecule has 0 aromatic heterocycles. The third-order valence-electron chi connectivity index (χ3n) is 4.37. The highest BCUT2D eigenvalue weighted by Gasteiger charge is 2.26. The highest BCUT2D eigenvalue weighted by molar-refractivity contribution is 6.32. The molecule has 0 heterocycles. The van der Waals surface area contributed by atoms with E-state index in [0.717, 1.165) is 0 Å². The highest BCUT2D eigenvalue weighted by Crippen LogP contribution is 2.28. The zero-order chi connectivity index (χ0) is 23.1. The minimum atomic E-state index is -1.21. The van der Waals surface area contributed by atoms with E-state index >= 15 is 0 Å². The van der Waals surface area contributed by atoms with E-state index in [9.17, 15) is 14.4 Å². The number of methoxy groups -OCH3 is 1. The fourth-order valence-corrected chi connectivity index (χ4v) is 3.12. The zero-order valence-corrected chi connectivity index (χ0v) is 17.8. The van der Waals surface area contributed by atoms with Gasteiger partial charge in [-0.05, 0) is 42.5 Å². The van der Waals surface area contributed by atoms with E-state index in [1.165, 1.54) is 37.4 Å². The molecule has 0 unspecified atom stereocenters. The molecule has 4 N–H and O–H groups in total. The first-order chi connectivity index (χ1) is 15.4.